The molecule has 0 amide bonds. The topological polar surface area (TPSA) is 135 Å². The van der Waals surface area contributed by atoms with E-state index in [1.54, 1.807) is 13.8 Å². The SMILES string of the molecule is CCCCCCCCCCCCCCCCO[C@H]1[C@@H](OP(=O)(O)C(C)C)[C@@H](COC(C)C)O[C@H]1n1ccc(N)nc1=O. The summed E-state index contributed by atoms with van der Waals surface area (Å²) in [6, 6.07) is 1.51. The molecule has 11 heteroatoms. The Morgan fingerprint density at radius 2 is 1.50 bits per heavy atom. The number of nitrogen functional groups attached to an aromatic ring is 1. The highest BCUT2D eigenvalue weighted by Gasteiger charge is 2.50. The minimum atomic E-state index is -3.99. The third-order valence-electron chi connectivity index (χ3n) is 7.74. The van der Waals surface area contributed by atoms with E-state index in [2.05, 4.69) is 11.9 Å². The fourth-order valence-electron chi connectivity index (χ4n) is 5.09. The van der Waals surface area contributed by atoms with Gasteiger partial charge in [-0.2, -0.15) is 4.98 Å². The summed E-state index contributed by atoms with van der Waals surface area (Å²) in [5.74, 6) is 0.0984. The van der Waals surface area contributed by atoms with Crippen molar-refractivity contribution >= 4 is 13.4 Å². The van der Waals surface area contributed by atoms with Crippen molar-refractivity contribution in [3.8, 4) is 0 Å². The van der Waals surface area contributed by atoms with Gasteiger partial charge in [0, 0.05) is 12.8 Å². The smallest absolute Gasteiger partial charge is 0.351 e. The van der Waals surface area contributed by atoms with Crippen molar-refractivity contribution < 1.29 is 28.2 Å². The molecule has 0 saturated carbocycles. The van der Waals surface area contributed by atoms with Gasteiger partial charge >= 0.3 is 13.3 Å². The molecule has 2 rings (SSSR count). The van der Waals surface area contributed by atoms with E-state index < -0.39 is 43.5 Å². The minimum Gasteiger partial charge on any atom is -0.383 e. The molecule has 5 atom stereocenters. The molecule has 3 N–H and O–H groups in total. The standard InChI is InChI=1S/C31H58N3O7P/c1-6-7-8-9-10-11-12-13-14-15-16-17-18-19-22-38-29-28(41-42(36,37)25(4)5)26(23-39-24(2)3)40-30(29)34-21-20-27(32)33-31(34)35/h20-21,24-26,28-30H,6-19,22-23H2,1-5H3,(H,36,37)(H2,32,33,35)/t26-,28+,29+,30-/m1/s1. The van der Waals surface area contributed by atoms with Crippen LogP contribution in [0.2, 0.25) is 0 Å². The Kier molecular flexibility index (Phi) is 17.5. The number of nitrogens with two attached hydrogens (primary N) is 1. The van der Waals surface area contributed by atoms with Crippen LogP contribution in [0.5, 0.6) is 0 Å². The van der Waals surface area contributed by atoms with Crippen molar-refractivity contribution in [2.24, 2.45) is 0 Å². The molecule has 1 aromatic heterocycles. The first kappa shape index (κ1) is 36.9. The summed E-state index contributed by atoms with van der Waals surface area (Å²) in [5.41, 5.74) is 4.49. The van der Waals surface area contributed by atoms with E-state index in [0.29, 0.717) is 6.61 Å². The Morgan fingerprint density at radius 3 is 2.00 bits per heavy atom. The molecule has 10 nitrogen and oxygen atoms in total. The van der Waals surface area contributed by atoms with Gasteiger partial charge in [0.15, 0.2) is 6.23 Å². The lowest BCUT2D eigenvalue weighted by Crippen LogP contribution is -2.40. The van der Waals surface area contributed by atoms with Crippen LogP contribution in [0.3, 0.4) is 0 Å². The van der Waals surface area contributed by atoms with Gasteiger partial charge in [0.1, 0.15) is 24.1 Å². The molecule has 2 heterocycles. The summed E-state index contributed by atoms with van der Waals surface area (Å²) in [6.45, 7) is 9.84. The maximum Gasteiger partial charge on any atom is 0.351 e. The largest absolute Gasteiger partial charge is 0.383 e. The molecule has 244 valence electrons. The molecule has 1 aromatic rings. The molecular formula is C31H58N3O7P. The molecule has 0 aromatic carbocycles. The zero-order valence-electron chi connectivity index (χ0n) is 26.7. The number of hydrogen-bond acceptors (Lipinski definition) is 8. The molecule has 0 radical (unpaired) electrons. The minimum absolute atomic E-state index is 0.0878. The van der Waals surface area contributed by atoms with Gasteiger partial charge in [0.2, 0.25) is 0 Å². The number of nitrogens with zero attached hydrogens (tertiary/aromatic N) is 2. The van der Waals surface area contributed by atoms with Crippen LogP contribution in [0, 0.1) is 0 Å². The van der Waals surface area contributed by atoms with Gasteiger partial charge in [-0.15, -0.1) is 0 Å². The van der Waals surface area contributed by atoms with Gasteiger partial charge in [0.05, 0.1) is 18.4 Å². The Hall–Kier alpha value is -1.29. The zero-order valence-corrected chi connectivity index (χ0v) is 27.6. The average Bonchev–Trinajstić information content (AvgIpc) is 3.25. The van der Waals surface area contributed by atoms with Crippen molar-refractivity contribution in [2.45, 2.75) is 161 Å². The van der Waals surface area contributed by atoms with E-state index in [-0.39, 0.29) is 18.5 Å². The maximum atomic E-state index is 13.0. The van der Waals surface area contributed by atoms with E-state index in [1.807, 2.05) is 13.8 Å². The summed E-state index contributed by atoms with van der Waals surface area (Å²) in [5, 5.41) is 0. The molecule has 0 bridgehead atoms. The highest BCUT2D eigenvalue weighted by atomic mass is 31.2. The number of hydrogen-bond donors (Lipinski definition) is 2. The van der Waals surface area contributed by atoms with Gasteiger partial charge in [-0.3, -0.25) is 13.7 Å². The fourth-order valence-corrected chi connectivity index (χ4v) is 5.94. The molecule has 1 unspecified atom stereocenters. The van der Waals surface area contributed by atoms with Crippen LogP contribution in [0.1, 0.15) is 131 Å². The van der Waals surface area contributed by atoms with E-state index in [0.717, 1.165) is 19.3 Å². The van der Waals surface area contributed by atoms with Gasteiger partial charge < -0.3 is 24.8 Å². The van der Waals surface area contributed by atoms with Gasteiger partial charge in [-0.25, -0.2) is 4.79 Å². The van der Waals surface area contributed by atoms with Crippen molar-refractivity contribution in [2.75, 3.05) is 18.9 Å². The lowest BCUT2D eigenvalue weighted by Gasteiger charge is -2.28. The number of rotatable bonds is 23. The van der Waals surface area contributed by atoms with E-state index in [4.69, 9.17) is 24.5 Å². The van der Waals surface area contributed by atoms with Crippen LogP contribution in [0.4, 0.5) is 5.82 Å². The molecule has 0 spiro atoms. The number of anilines is 1. The van der Waals surface area contributed by atoms with Crippen molar-refractivity contribution in [3.63, 3.8) is 0 Å². The van der Waals surface area contributed by atoms with Crippen LogP contribution in [-0.4, -0.2) is 57.7 Å². The van der Waals surface area contributed by atoms with E-state index in [1.165, 1.54) is 87.5 Å². The van der Waals surface area contributed by atoms with Crippen LogP contribution >= 0.6 is 7.60 Å². The van der Waals surface area contributed by atoms with Gasteiger partial charge in [-0.05, 0) is 26.3 Å². The van der Waals surface area contributed by atoms with Crippen LogP contribution in [-0.2, 0) is 23.3 Å². The Labute approximate surface area is 253 Å². The fraction of sp³-hybridized carbons (Fsp3) is 0.871. The van der Waals surface area contributed by atoms with Crippen LogP contribution < -0.4 is 11.4 Å². The molecule has 0 aliphatic carbocycles. The van der Waals surface area contributed by atoms with Gasteiger partial charge in [-0.1, -0.05) is 104 Å². The summed E-state index contributed by atoms with van der Waals surface area (Å²) < 4.78 is 38.4. The molecule has 1 aliphatic rings. The second-order valence-electron chi connectivity index (χ2n) is 12.1. The number of unbranched alkanes of at least 4 members (excludes halogenated alkanes) is 13. The quantitative estimate of drug-likeness (QED) is 0.0986. The predicted octanol–water partition coefficient (Wildman–Crippen LogP) is 6.99. The second kappa shape index (κ2) is 19.9. The van der Waals surface area contributed by atoms with Crippen LogP contribution in [0.25, 0.3) is 0 Å². The lowest BCUT2D eigenvalue weighted by atomic mass is 10.0. The molecular weight excluding hydrogens is 557 g/mol. The number of aromatic nitrogens is 2. The summed E-state index contributed by atoms with van der Waals surface area (Å²) in [4.78, 5) is 27.1. The summed E-state index contributed by atoms with van der Waals surface area (Å²) in [6.07, 6.45) is 15.7. The first-order valence-corrected chi connectivity index (χ1v) is 18.0. The van der Waals surface area contributed by atoms with Crippen molar-refractivity contribution in [1.29, 1.82) is 0 Å². The lowest BCUT2D eigenvalue weighted by molar-refractivity contribution is -0.0847. The Balaban J connectivity index is 1.91. The van der Waals surface area contributed by atoms with E-state index >= 15 is 0 Å². The zero-order chi connectivity index (χ0) is 31.0. The Morgan fingerprint density at radius 1 is 0.952 bits per heavy atom. The van der Waals surface area contributed by atoms with Crippen molar-refractivity contribution in [3.05, 3.63) is 22.7 Å². The highest BCUT2D eigenvalue weighted by Crippen LogP contribution is 2.51. The third kappa shape index (κ3) is 13.1. The average molecular weight is 616 g/mol. The summed E-state index contributed by atoms with van der Waals surface area (Å²) in [7, 11) is -3.99. The Bertz CT molecular complexity index is 974. The molecule has 1 aliphatic heterocycles. The monoisotopic (exact) mass is 615 g/mol. The second-order valence-corrected chi connectivity index (χ2v) is 14.5. The van der Waals surface area contributed by atoms with Crippen molar-refractivity contribution in [1.82, 2.24) is 9.55 Å². The molecule has 42 heavy (non-hydrogen) atoms. The van der Waals surface area contributed by atoms with Gasteiger partial charge in [0.25, 0.3) is 0 Å². The first-order chi connectivity index (χ1) is 20.1. The first-order valence-electron chi connectivity index (χ1n) is 16.3. The molecule has 1 saturated heterocycles. The molecule has 1 fully saturated rings. The summed E-state index contributed by atoms with van der Waals surface area (Å²) >= 11 is 0. The van der Waals surface area contributed by atoms with E-state index in [9.17, 15) is 14.3 Å². The maximum absolute atomic E-state index is 13.0. The number of ether oxygens (including phenoxy) is 3. The third-order valence-corrected chi connectivity index (χ3v) is 9.59. The van der Waals surface area contributed by atoms with Crippen LogP contribution in [0.15, 0.2) is 17.1 Å². The highest BCUT2D eigenvalue weighted by molar-refractivity contribution is 7.53. The normalized spacial score (nSPS) is 22.3. The predicted molar refractivity (Wildman–Crippen MR) is 168 cm³/mol.